The Hall–Kier alpha value is -2.63. The molecule has 0 N–H and O–H groups in total. The van der Waals surface area contributed by atoms with Gasteiger partial charge in [-0.2, -0.15) is 0 Å². The molecule has 6 heteroatoms. The highest BCUT2D eigenvalue weighted by Gasteiger charge is 2.19. The van der Waals surface area contributed by atoms with Gasteiger partial charge in [0.2, 0.25) is 0 Å². The normalized spacial score (nSPS) is 12.4. The number of allylic oxidation sites excluding steroid dienone is 8. The maximum Gasteiger partial charge on any atom is 0.306 e. The Morgan fingerprint density at radius 3 is 0.908 bits per heavy atom. The lowest BCUT2D eigenvalue weighted by Gasteiger charge is -2.18. The highest BCUT2D eigenvalue weighted by Crippen LogP contribution is 2.16. The van der Waals surface area contributed by atoms with Crippen LogP contribution in [-0.4, -0.2) is 37.2 Å². The van der Waals surface area contributed by atoms with Gasteiger partial charge in [-0.15, -0.1) is 0 Å². The van der Waals surface area contributed by atoms with E-state index in [2.05, 4.69) is 69.4 Å². The first-order valence-electron chi connectivity index (χ1n) is 28.1. The van der Waals surface area contributed by atoms with E-state index in [-0.39, 0.29) is 37.5 Å². The van der Waals surface area contributed by atoms with Crippen molar-refractivity contribution in [3.8, 4) is 0 Å². The van der Waals surface area contributed by atoms with E-state index in [1.54, 1.807) is 0 Å². The molecule has 0 amide bonds. The average molecular weight is 911 g/mol. The number of esters is 3. The molecule has 0 spiro atoms. The predicted molar refractivity (Wildman–Crippen MR) is 279 cm³/mol. The van der Waals surface area contributed by atoms with E-state index >= 15 is 0 Å². The molecule has 0 unspecified atom stereocenters. The zero-order chi connectivity index (χ0) is 47.2. The van der Waals surface area contributed by atoms with Crippen molar-refractivity contribution >= 4 is 17.9 Å². The second kappa shape index (κ2) is 54.0. The molecule has 0 saturated carbocycles. The molecule has 0 aliphatic heterocycles. The molecule has 0 aliphatic rings. The van der Waals surface area contributed by atoms with Crippen molar-refractivity contribution < 1.29 is 28.6 Å². The van der Waals surface area contributed by atoms with Crippen molar-refractivity contribution in [2.45, 2.75) is 297 Å². The third-order valence-electron chi connectivity index (χ3n) is 12.3. The molecule has 0 fully saturated rings. The summed E-state index contributed by atoms with van der Waals surface area (Å²) in [6.07, 6.45) is 65.4. The van der Waals surface area contributed by atoms with Gasteiger partial charge in [-0.3, -0.25) is 14.4 Å². The monoisotopic (exact) mass is 911 g/mol. The van der Waals surface area contributed by atoms with Crippen LogP contribution < -0.4 is 0 Å². The van der Waals surface area contributed by atoms with Crippen LogP contribution in [0.5, 0.6) is 0 Å². The largest absolute Gasteiger partial charge is 0.462 e. The van der Waals surface area contributed by atoms with E-state index < -0.39 is 6.10 Å². The van der Waals surface area contributed by atoms with Crippen LogP contribution in [0.25, 0.3) is 0 Å². The molecule has 0 aromatic rings. The molecule has 0 aromatic carbocycles. The van der Waals surface area contributed by atoms with Gasteiger partial charge in [-0.25, -0.2) is 0 Å². The van der Waals surface area contributed by atoms with Gasteiger partial charge in [0.25, 0.3) is 0 Å². The fourth-order valence-electron chi connectivity index (χ4n) is 8.08. The van der Waals surface area contributed by atoms with Crippen molar-refractivity contribution in [1.29, 1.82) is 0 Å². The minimum atomic E-state index is -0.797. The summed E-state index contributed by atoms with van der Waals surface area (Å²) in [5.74, 6) is -0.934. The number of carbonyl (C=O) groups excluding carboxylic acids is 3. The first-order chi connectivity index (χ1) is 32.0. The summed E-state index contributed by atoms with van der Waals surface area (Å²) in [6, 6.07) is 0. The van der Waals surface area contributed by atoms with Gasteiger partial charge in [0.05, 0.1) is 0 Å². The Morgan fingerprint density at radius 2 is 0.569 bits per heavy atom. The molecular weight excluding hydrogens is 805 g/mol. The molecule has 0 heterocycles. The Bertz CT molecular complexity index is 1140. The number of rotatable bonds is 51. The lowest BCUT2D eigenvalue weighted by Crippen LogP contribution is -2.30. The Labute approximate surface area is 403 Å². The molecule has 65 heavy (non-hydrogen) atoms. The van der Waals surface area contributed by atoms with E-state index in [9.17, 15) is 14.4 Å². The van der Waals surface area contributed by atoms with Crippen LogP contribution in [0.1, 0.15) is 290 Å². The number of hydrogen-bond acceptors (Lipinski definition) is 6. The number of unbranched alkanes of at least 4 members (excludes halogenated alkanes) is 32. The topological polar surface area (TPSA) is 78.9 Å². The smallest absolute Gasteiger partial charge is 0.306 e. The summed E-state index contributed by atoms with van der Waals surface area (Å²) >= 11 is 0. The Morgan fingerprint density at radius 1 is 0.308 bits per heavy atom. The number of carbonyl (C=O) groups is 3. The fourth-order valence-corrected chi connectivity index (χ4v) is 8.08. The van der Waals surface area contributed by atoms with Gasteiger partial charge in [0.1, 0.15) is 13.2 Å². The van der Waals surface area contributed by atoms with Gasteiger partial charge in [-0.05, 0) is 57.8 Å². The van der Waals surface area contributed by atoms with E-state index in [0.717, 1.165) is 64.2 Å². The average Bonchev–Trinajstić information content (AvgIpc) is 3.30. The molecule has 0 bridgehead atoms. The quantitative estimate of drug-likeness (QED) is 0.0262. The zero-order valence-corrected chi connectivity index (χ0v) is 43.3. The van der Waals surface area contributed by atoms with E-state index in [4.69, 9.17) is 14.2 Å². The molecular formula is C59H106O6. The van der Waals surface area contributed by atoms with Gasteiger partial charge in [-0.1, -0.05) is 262 Å². The minimum Gasteiger partial charge on any atom is -0.462 e. The number of ether oxygens (including phenoxy) is 3. The second-order valence-corrected chi connectivity index (χ2v) is 18.9. The molecule has 0 rings (SSSR count). The molecule has 0 radical (unpaired) electrons. The van der Waals surface area contributed by atoms with Crippen LogP contribution in [0.15, 0.2) is 48.6 Å². The van der Waals surface area contributed by atoms with E-state index in [0.29, 0.717) is 19.3 Å². The first-order valence-corrected chi connectivity index (χ1v) is 28.1. The van der Waals surface area contributed by atoms with Crippen LogP contribution in [0, 0.1) is 0 Å². The third kappa shape index (κ3) is 52.2. The summed E-state index contributed by atoms with van der Waals surface area (Å²) < 4.78 is 16.8. The van der Waals surface area contributed by atoms with Crippen molar-refractivity contribution in [3.63, 3.8) is 0 Å². The molecule has 6 nitrogen and oxygen atoms in total. The van der Waals surface area contributed by atoms with Gasteiger partial charge < -0.3 is 14.2 Å². The molecule has 0 saturated heterocycles. The molecule has 378 valence electrons. The van der Waals surface area contributed by atoms with Crippen LogP contribution in [0.2, 0.25) is 0 Å². The van der Waals surface area contributed by atoms with Crippen LogP contribution >= 0.6 is 0 Å². The standard InChI is InChI=1S/C59H106O6/c1-4-7-10-13-16-19-22-24-26-28-29-31-32-34-37-40-43-46-49-52-58(61)64-55-56(54-63-57(60)51-48-45-42-39-36-21-18-15-12-9-6-3)65-59(62)53-50-47-44-41-38-35-33-30-27-25-23-20-17-14-11-8-5-2/h17,20,25,27,33,35,41,44,56H,4-16,18-19,21-24,26,28-32,34,36-40,42-43,45-55H2,1-3H3/b20-17-,27-25-,35-33-,44-41-/t56-/m0/s1. The SMILES string of the molecule is CCCCC/C=C\C/C=C\C/C=C\C/C=C\CCCC(=O)O[C@@H](COC(=O)CCCCCCCCCCCCC)COC(=O)CCCCCCCCCCCCCCCCCCCCC. The van der Waals surface area contributed by atoms with Crippen molar-refractivity contribution in [3.05, 3.63) is 48.6 Å². The third-order valence-corrected chi connectivity index (χ3v) is 12.3. The van der Waals surface area contributed by atoms with Crippen molar-refractivity contribution in [2.75, 3.05) is 13.2 Å². The van der Waals surface area contributed by atoms with Gasteiger partial charge in [0, 0.05) is 19.3 Å². The summed E-state index contributed by atoms with van der Waals surface area (Å²) in [5.41, 5.74) is 0. The van der Waals surface area contributed by atoms with Crippen LogP contribution in [-0.2, 0) is 28.6 Å². The Balaban J connectivity index is 4.37. The summed E-state index contributed by atoms with van der Waals surface area (Å²) in [7, 11) is 0. The summed E-state index contributed by atoms with van der Waals surface area (Å²) in [4.78, 5) is 38.0. The minimum absolute atomic E-state index is 0.0907. The predicted octanol–water partition coefficient (Wildman–Crippen LogP) is 18.7. The number of hydrogen-bond donors (Lipinski definition) is 0. The summed E-state index contributed by atoms with van der Waals surface area (Å²) in [5, 5.41) is 0. The lowest BCUT2D eigenvalue weighted by molar-refractivity contribution is -0.167. The lowest BCUT2D eigenvalue weighted by atomic mass is 10.0. The van der Waals surface area contributed by atoms with E-state index in [1.165, 1.54) is 180 Å². The van der Waals surface area contributed by atoms with Crippen LogP contribution in [0.4, 0.5) is 0 Å². The van der Waals surface area contributed by atoms with Crippen molar-refractivity contribution in [1.82, 2.24) is 0 Å². The molecule has 0 aliphatic carbocycles. The summed E-state index contributed by atoms with van der Waals surface area (Å²) in [6.45, 7) is 6.59. The van der Waals surface area contributed by atoms with Gasteiger partial charge >= 0.3 is 17.9 Å². The fraction of sp³-hybridized carbons (Fsp3) is 0.814. The zero-order valence-electron chi connectivity index (χ0n) is 43.3. The molecule has 0 aromatic heterocycles. The first kappa shape index (κ1) is 62.4. The van der Waals surface area contributed by atoms with E-state index in [1.807, 2.05) is 0 Å². The van der Waals surface area contributed by atoms with Crippen LogP contribution in [0.3, 0.4) is 0 Å². The van der Waals surface area contributed by atoms with Gasteiger partial charge in [0.15, 0.2) is 6.10 Å². The highest BCUT2D eigenvalue weighted by molar-refractivity contribution is 5.71. The van der Waals surface area contributed by atoms with Crippen molar-refractivity contribution in [2.24, 2.45) is 0 Å². The maximum absolute atomic E-state index is 12.8. The second-order valence-electron chi connectivity index (χ2n) is 18.9. The maximum atomic E-state index is 12.8. The Kier molecular flexibility index (Phi) is 51.8. The molecule has 1 atom stereocenters. The highest BCUT2D eigenvalue weighted by atomic mass is 16.6.